The van der Waals surface area contributed by atoms with Gasteiger partial charge in [-0.05, 0) is 35.0 Å². The van der Waals surface area contributed by atoms with Gasteiger partial charge in [0.1, 0.15) is 5.75 Å². The van der Waals surface area contributed by atoms with Crippen molar-refractivity contribution in [3.63, 3.8) is 0 Å². The molecule has 3 rings (SSSR count). The lowest BCUT2D eigenvalue weighted by atomic mass is 10.1. The lowest BCUT2D eigenvalue weighted by Gasteiger charge is -2.11. The van der Waals surface area contributed by atoms with Crippen LogP contribution in [0.2, 0.25) is 0 Å². The lowest BCUT2D eigenvalue weighted by molar-refractivity contribution is 0.0998. The lowest BCUT2D eigenvalue weighted by Crippen LogP contribution is -2.11. The van der Waals surface area contributed by atoms with Gasteiger partial charge in [0.15, 0.2) is 11.5 Å². The Hall–Kier alpha value is -3.01. The summed E-state index contributed by atoms with van der Waals surface area (Å²) in [5, 5.41) is 11.9. The molecule has 3 aromatic carbocycles. The first kappa shape index (κ1) is 13.0. The van der Waals surface area contributed by atoms with Gasteiger partial charge in [-0.25, -0.2) is 0 Å². The van der Waals surface area contributed by atoms with Crippen molar-refractivity contribution in [1.29, 1.82) is 0 Å². The van der Waals surface area contributed by atoms with Gasteiger partial charge in [0.05, 0.1) is 5.56 Å². The molecule has 0 saturated heterocycles. The number of fused-ring (bicyclic) bond motifs is 1. The molecule has 0 bridgehead atoms. The summed E-state index contributed by atoms with van der Waals surface area (Å²) in [6.07, 6.45) is 0. The van der Waals surface area contributed by atoms with Crippen molar-refractivity contribution in [3.8, 4) is 17.2 Å². The van der Waals surface area contributed by atoms with Crippen LogP contribution in [-0.2, 0) is 0 Å². The van der Waals surface area contributed by atoms with Crippen molar-refractivity contribution < 1.29 is 14.6 Å². The van der Waals surface area contributed by atoms with Crippen LogP contribution in [0, 0.1) is 0 Å². The molecule has 0 aliphatic rings. The summed E-state index contributed by atoms with van der Waals surface area (Å²) in [5.41, 5.74) is 5.58. The molecule has 0 saturated carbocycles. The van der Waals surface area contributed by atoms with Crippen molar-refractivity contribution in [2.45, 2.75) is 0 Å². The van der Waals surface area contributed by atoms with Crippen LogP contribution < -0.4 is 10.5 Å². The molecule has 0 spiro atoms. The number of carbonyl (C=O) groups is 1. The summed E-state index contributed by atoms with van der Waals surface area (Å²) in [7, 11) is 0. The smallest absolute Gasteiger partial charge is 0.252 e. The highest BCUT2D eigenvalue weighted by Crippen LogP contribution is 2.35. The Morgan fingerprint density at radius 3 is 2.24 bits per heavy atom. The number of nitrogens with two attached hydrogens (primary N) is 1. The molecule has 0 fully saturated rings. The molecular weight excluding hydrogens is 266 g/mol. The van der Waals surface area contributed by atoms with Gasteiger partial charge in [-0.15, -0.1) is 0 Å². The standard InChI is InChI=1S/C17H13NO3/c18-17(20)13-7-3-4-8-15(13)21-16-10-12-6-2-1-5-11(12)9-14(16)19/h1-10,19H,(H2,18,20). The second-order valence-electron chi connectivity index (χ2n) is 4.63. The molecular formula is C17H13NO3. The third-order valence-corrected chi connectivity index (χ3v) is 3.20. The third-order valence-electron chi connectivity index (χ3n) is 3.20. The van der Waals surface area contributed by atoms with E-state index in [0.29, 0.717) is 5.75 Å². The van der Waals surface area contributed by atoms with Crippen LogP contribution in [0.3, 0.4) is 0 Å². The molecule has 3 N–H and O–H groups in total. The second kappa shape index (κ2) is 5.17. The van der Waals surface area contributed by atoms with E-state index in [4.69, 9.17) is 10.5 Å². The largest absolute Gasteiger partial charge is 0.504 e. The molecule has 0 radical (unpaired) electrons. The number of benzene rings is 3. The van der Waals surface area contributed by atoms with Crippen molar-refractivity contribution in [1.82, 2.24) is 0 Å². The molecule has 0 aliphatic heterocycles. The second-order valence-corrected chi connectivity index (χ2v) is 4.63. The molecule has 0 aliphatic carbocycles. The van der Waals surface area contributed by atoms with E-state index < -0.39 is 5.91 Å². The highest BCUT2D eigenvalue weighted by Gasteiger charge is 2.12. The van der Waals surface area contributed by atoms with E-state index in [1.54, 1.807) is 36.4 Å². The summed E-state index contributed by atoms with van der Waals surface area (Å²) in [4.78, 5) is 11.4. The van der Waals surface area contributed by atoms with Gasteiger partial charge in [0.2, 0.25) is 0 Å². The first-order chi connectivity index (χ1) is 10.1. The first-order valence-corrected chi connectivity index (χ1v) is 6.43. The number of phenolic OH excluding ortho intramolecular Hbond substituents is 1. The molecule has 0 unspecified atom stereocenters. The normalized spacial score (nSPS) is 10.5. The Kier molecular flexibility index (Phi) is 3.20. The Morgan fingerprint density at radius 2 is 1.52 bits per heavy atom. The maximum atomic E-state index is 11.4. The summed E-state index contributed by atoms with van der Waals surface area (Å²) in [5.74, 6) is 0.0248. The Balaban J connectivity index is 2.06. The quantitative estimate of drug-likeness (QED) is 0.771. The molecule has 4 nitrogen and oxygen atoms in total. The van der Waals surface area contributed by atoms with Crippen LogP contribution >= 0.6 is 0 Å². The molecule has 21 heavy (non-hydrogen) atoms. The van der Waals surface area contributed by atoms with Gasteiger partial charge in [-0.3, -0.25) is 4.79 Å². The molecule has 104 valence electrons. The van der Waals surface area contributed by atoms with E-state index >= 15 is 0 Å². The fourth-order valence-corrected chi connectivity index (χ4v) is 2.17. The van der Waals surface area contributed by atoms with Crippen LogP contribution in [0.15, 0.2) is 60.7 Å². The minimum absolute atomic E-state index is 0.00738. The SMILES string of the molecule is NC(=O)c1ccccc1Oc1cc2ccccc2cc1O. The van der Waals surface area contributed by atoms with Gasteiger partial charge in [-0.2, -0.15) is 0 Å². The summed E-state index contributed by atoms with van der Waals surface area (Å²) >= 11 is 0. The zero-order valence-corrected chi connectivity index (χ0v) is 11.1. The molecule has 3 aromatic rings. The van der Waals surface area contributed by atoms with E-state index in [9.17, 15) is 9.90 Å². The number of hydrogen-bond acceptors (Lipinski definition) is 3. The van der Waals surface area contributed by atoms with E-state index in [0.717, 1.165) is 10.8 Å². The fourth-order valence-electron chi connectivity index (χ4n) is 2.17. The average Bonchev–Trinajstić information content (AvgIpc) is 2.48. The van der Waals surface area contributed by atoms with Gasteiger partial charge in [-0.1, -0.05) is 36.4 Å². The minimum atomic E-state index is -0.578. The number of para-hydroxylation sites is 1. The van der Waals surface area contributed by atoms with Crippen LogP contribution in [0.1, 0.15) is 10.4 Å². The predicted molar refractivity (Wildman–Crippen MR) is 80.6 cm³/mol. The zero-order valence-electron chi connectivity index (χ0n) is 11.1. The molecule has 0 atom stereocenters. The molecule has 1 amide bonds. The topological polar surface area (TPSA) is 72.6 Å². The van der Waals surface area contributed by atoms with Gasteiger partial charge in [0, 0.05) is 0 Å². The molecule has 4 heteroatoms. The van der Waals surface area contributed by atoms with Crippen molar-refractivity contribution >= 4 is 16.7 Å². The van der Waals surface area contributed by atoms with Crippen molar-refractivity contribution in [3.05, 3.63) is 66.2 Å². The third kappa shape index (κ3) is 2.51. The molecule has 0 aromatic heterocycles. The number of phenols is 1. The summed E-state index contributed by atoms with van der Waals surface area (Å²) < 4.78 is 5.66. The maximum Gasteiger partial charge on any atom is 0.252 e. The number of amides is 1. The number of aromatic hydroxyl groups is 1. The average molecular weight is 279 g/mol. The number of ether oxygens (including phenoxy) is 1. The zero-order chi connectivity index (χ0) is 14.8. The summed E-state index contributed by atoms with van der Waals surface area (Å²) in [6.45, 7) is 0. The Labute approximate surface area is 121 Å². The highest BCUT2D eigenvalue weighted by molar-refractivity contribution is 5.95. The number of hydrogen-bond donors (Lipinski definition) is 2. The number of primary amides is 1. The van der Waals surface area contributed by atoms with Crippen LogP contribution in [0.4, 0.5) is 0 Å². The van der Waals surface area contributed by atoms with Crippen molar-refractivity contribution in [2.24, 2.45) is 5.73 Å². The summed E-state index contributed by atoms with van der Waals surface area (Å²) in [6, 6.07) is 17.6. The van der Waals surface area contributed by atoms with E-state index in [1.807, 2.05) is 24.3 Å². The van der Waals surface area contributed by atoms with Gasteiger partial charge >= 0.3 is 0 Å². The predicted octanol–water partition coefficient (Wildman–Crippen LogP) is 3.44. The number of carbonyl (C=O) groups excluding carboxylic acids is 1. The van der Waals surface area contributed by atoms with Crippen LogP contribution in [0.5, 0.6) is 17.2 Å². The van der Waals surface area contributed by atoms with Crippen LogP contribution in [0.25, 0.3) is 10.8 Å². The van der Waals surface area contributed by atoms with E-state index in [2.05, 4.69) is 0 Å². The van der Waals surface area contributed by atoms with Crippen LogP contribution in [-0.4, -0.2) is 11.0 Å². The fraction of sp³-hybridized carbons (Fsp3) is 0. The Morgan fingerprint density at radius 1 is 0.905 bits per heavy atom. The molecule has 0 heterocycles. The Bertz CT molecular complexity index is 827. The van der Waals surface area contributed by atoms with Gasteiger partial charge < -0.3 is 15.6 Å². The van der Waals surface area contributed by atoms with Crippen molar-refractivity contribution in [2.75, 3.05) is 0 Å². The number of rotatable bonds is 3. The first-order valence-electron chi connectivity index (χ1n) is 6.43. The monoisotopic (exact) mass is 279 g/mol. The van der Waals surface area contributed by atoms with E-state index in [-0.39, 0.29) is 17.1 Å². The maximum absolute atomic E-state index is 11.4. The highest BCUT2D eigenvalue weighted by atomic mass is 16.5. The van der Waals surface area contributed by atoms with E-state index in [1.165, 1.54) is 0 Å². The van der Waals surface area contributed by atoms with Gasteiger partial charge in [0.25, 0.3) is 5.91 Å². The minimum Gasteiger partial charge on any atom is -0.504 e.